The number of allylic oxidation sites excluding steroid dienone is 2. The maximum atomic E-state index is 12.7. The van der Waals surface area contributed by atoms with Gasteiger partial charge in [0.1, 0.15) is 11.4 Å². The van der Waals surface area contributed by atoms with Crippen molar-refractivity contribution in [1.82, 2.24) is 4.98 Å². The molecule has 1 aliphatic rings. The monoisotopic (exact) mass is 324 g/mol. The number of fused-ring (bicyclic) bond motifs is 1. The first-order valence-corrected chi connectivity index (χ1v) is 8.56. The van der Waals surface area contributed by atoms with Crippen molar-refractivity contribution in [3.8, 4) is 0 Å². The van der Waals surface area contributed by atoms with Crippen LogP contribution in [-0.2, 0) is 6.42 Å². The van der Waals surface area contributed by atoms with E-state index in [4.69, 9.17) is 0 Å². The number of anilines is 1. The van der Waals surface area contributed by atoms with Crippen LogP contribution in [0.15, 0.2) is 53.2 Å². The number of thioether (sulfide) groups is 1. The molecule has 0 radical (unpaired) electrons. The van der Waals surface area contributed by atoms with Crippen molar-refractivity contribution in [2.24, 2.45) is 0 Å². The van der Waals surface area contributed by atoms with E-state index in [1.54, 1.807) is 18.4 Å². The Morgan fingerprint density at radius 3 is 2.48 bits per heavy atom. The van der Waals surface area contributed by atoms with Crippen LogP contribution in [0, 0.1) is 0 Å². The standard InChI is InChI=1S/C18H16N2O2S/c1-3-11-6-8-12(9-7-11)20-15-16(21)13-5-4-10-19-14(13)17(22)18(15)23-2/h4-10,20H,3H2,1-2H3. The van der Waals surface area contributed by atoms with Gasteiger partial charge in [0, 0.05) is 11.9 Å². The maximum absolute atomic E-state index is 12.7. The number of ketones is 2. The van der Waals surface area contributed by atoms with Crippen LogP contribution in [-0.4, -0.2) is 22.8 Å². The van der Waals surface area contributed by atoms with Gasteiger partial charge in [-0.05, 0) is 42.5 Å². The molecule has 0 aliphatic heterocycles. The lowest BCUT2D eigenvalue weighted by molar-refractivity contribution is 0.0979. The first kappa shape index (κ1) is 15.5. The molecule has 2 aromatic rings. The van der Waals surface area contributed by atoms with E-state index in [2.05, 4.69) is 17.2 Å². The smallest absolute Gasteiger partial charge is 0.220 e. The van der Waals surface area contributed by atoms with Crippen LogP contribution < -0.4 is 5.32 Å². The summed E-state index contributed by atoms with van der Waals surface area (Å²) in [6.45, 7) is 2.09. The van der Waals surface area contributed by atoms with Crippen LogP contribution in [0.1, 0.15) is 33.3 Å². The van der Waals surface area contributed by atoms with Crippen molar-refractivity contribution in [3.05, 3.63) is 70.0 Å². The van der Waals surface area contributed by atoms with E-state index >= 15 is 0 Å². The number of carbonyl (C=O) groups excluding carboxylic acids is 2. The molecule has 23 heavy (non-hydrogen) atoms. The SMILES string of the molecule is CCc1ccc(NC2=C(SC)C(=O)c3ncccc3C2=O)cc1. The third-order valence-corrected chi connectivity index (χ3v) is 4.56. The van der Waals surface area contributed by atoms with Crippen molar-refractivity contribution in [2.75, 3.05) is 11.6 Å². The summed E-state index contributed by atoms with van der Waals surface area (Å²) < 4.78 is 0. The first-order chi connectivity index (χ1) is 11.2. The van der Waals surface area contributed by atoms with Crippen molar-refractivity contribution in [2.45, 2.75) is 13.3 Å². The Hall–Kier alpha value is -2.40. The summed E-state index contributed by atoms with van der Waals surface area (Å²) in [6.07, 6.45) is 4.27. The number of nitrogens with zero attached hydrogens (tertiary/aromatic N) is 1. The summed E-state index contributed by atoms with van der Waals surface area (Å²) in [7, 11) is 0. The number of pyridine rings is 1. The van der Waals surface area contributed by atoms with Gasteiger partial charge in [-0.2, -0.15) is 0 Å². The van der Waals surface area contributed by atoms with Gasteiger partial charge in [-0.3, -0.25) is 14.6 Å². The third-order valence-electron chi connectivity index (χ3n) is 3.76. The number of hydrogen-bond donors (Lipinski definition) is 1. The molecular formula is C18H16N2O2S. The zero-order chi connectivity index (χ0) is 16.4. The first-order valence-electron chi connectivity index (χ1n) is 7.34. The average Bonchev–Trinajstić information content (AvgIpc) is 2.60. The van der Waals surface area contributed by atoms with Gasteiger partial charge in [0.15, 0.2) is 0 Å². The fraction of sp³-hybridized carbons (Fsp3) is 0.167. The summed E-state index contributed by atoms with van der Waals surface area (Å²) in [5.74, 6) is -0.406. The third kappa shape index (κ3) is 2.80. The number of aryl methyl sites for hydroxylation is 1. The summed E-state index contributed by atoms with van der Waals surface area (Å²) in [5.41, 5.74) is 2.91. The predicted molar refractivity (Wildman–Crippen MR) is 92.9 cm³/mol. The molecule has 0 spiro atoms. The number of carbonyl (C=O) groups is 2. The van der Waals surface area contributed by atoms with Gasteiger partial charge in [0.05, 0.1) is 10.5 Å². The Labute approximate surface area is 139 Å². The van der Waals surface area contributed by atoms with Gasteiger partial charge in [0.2, 0.25) is 11.6 Å². The van der Waals surface area contributed by atoms with Crippen molar-refractivity contribution in [3.63, 3.8) is 0 Å². The highest BCUT2D eigenvalue weighted by Gasteiger charge is 2.33. The van der Waals surface area contributed by atoms with Crippen LogP contribution in [0.4, 0.5) is 5.69 Å². The molecule has 0 unspecified atom stereocenters. The topological polar surface area (TPSA) is 59.1 Å². The molecule has 0 amide bonds. The highest BCUT2D eigenvalue weighted by atomic mass is 32.2. The van der Waals surface area contributed by atoms with Crippen LogP contribution in [0.5, 0.6) is 0 Å². The minimum Gasteiger partial charge on any atom is -0.351 e. The zero-order valence-electron chi connectivity index (χ0n) is 12.9. The fourth-order valence-corrected chi connectivity index (χ4v) is 3.13. The molecule has 1 aliphatic carbocycles. The lowest BCUT2D eigenvalue weighted by atomic mass is 9.96. The molecule has 0 bridgehead atoms. The Morgan fingerprint density at radius 1 is 1.09 bits per heavy atom. The highest BCUT2D eigenvalue weighted by molar-refractivity contribution is 8.03. The fourth-order valence-electron chi connectivity index (χ4n) is 2.50. The van der Waals surface area contributed by atoms with Crippen LogP contribution in [0.2, 0.25) is 0 Å². The van der Waals surface area contributed by atoms with E-state index in [1.165, 1.54) is 23.5 Å². The van der Waals surface area contributed by atoms with Gasteiger partial charge in [0.25, 0.3) is 0 Å². The van der Waals surface area contributed by atoms with Gasteiger partial charge in [-0.15, -0.1) is 11.8 Å². The molecule has 0 fully saturated rings. The number of Topliss-reactive ketones (excluding diaryl/α,β-unsaturated/α-hetero) is 2. The lowest BCUT2D eigenvalue weighted by Gasteiger charge is -2.20. The lowest BCUT2D eigenvalue weighted by Crippen LogP contribution is -2.26. The van der Waals surface area contributed by atoms with Gasteiger partial charge in [-0.1, -0.05) is 19.1 Å². The second-order valence-corrected chi connectivity index (χ2v) is 5.96. The van der Waals surface area contributed by atoms with E-state index in [0.717, 1.165) is 12.1 Å². The van der Waals surface area contributed by atoms with E-state index in [1.807, 2.05) is 24.3 Å². The number of hydrogen-bond acceptors (Lipinski definition) is 5. The van der Waals surface area contributed by atoms with Crippen LogP contribution >= 0.6 is 11.8 Å². The summed E-state index contributed by atoms with van der Waals surface area (Å²) in [4.78, 5) is 29.8. The van der Waals surface area contributed by atoms with Crippen LogP contribution in [0.3, 0.4) is 0 Å². The predicted octanol–water partition coefficient (Wildman–Crippen LogP) is 3.71. The average molecular weight is 324 g/mol. The maximum Gasteiger partial charge on any atom is 0.220 e. The minimum absolute atomic E-state index is 0.198. The van der Waals surface area contributed by atoms with Crippen LogP contribution in [0.25, 0.3) is 0 Å². The van der Waals surface area contributed by atoms with Crippen molar-refractivity contribution >= 4 is 29.0 Å². The number of aromatic nitrogens is 1. The molecule has 1 aromatic heterocycles. The van der Waals surface area contributed by atoms with Gasteiger partial charge in [-0.25, -0.2) is 0 Å². The number of nitrogens with one attached hydrogen (secondary N) is 1. The Morgan fingerprint density at radius 2 is 1.83 bits per heavy atom. The molecule has 1 aromatic carbocycles. The Balaban J connectivity index is 2.01. The van der Waals surface area contributed by atoms with E-state index in [9.17, 15) is 9.59 Å². The molecule has 1 heterocycles. The minimum atomic E-state index is -0.208. The van der Waals surface area contributed by atoms with Crippen molar-refractivity contribution in [1.29, 1.82) is 0 Å². The molecule has 0 saturated heterocycles. The van der Waals surface area contributed by atoms with Crippen molar-refractivity contribution < 1.29 is 9.59 Å². The highest BCUT2D eigenvalue weighted by Crippen LogP contribution is 2.31. The second kappa shape index (κ2) is 6.38. The molecule has 1 N–H and O–H groups in total. The molecule has 5 heteroatoms. The Bertz CT molecular complexity index is 810. The number of rotatable bonds is 4. The second-order valence-electron chi connectivity index (χ2n) is 5.14. The van der Waals surface area contributed by atoms with Gasteiger partial charge >= 0.3 is 0 Å². The quantitative estimate of drug-likeness (QED) is 0.929. The molecule has 116 valence electrons. The summed E-state index contributed by atoms with van der Waals surface area (Å²) >= 11 is 1.26. The normalized spacial score (nSPS) is 14.0. The Kier molecular flexibility index (Phi) is 4.30. The number of benzene rings is 1. The molecule has 4 nitrogen and oxygen atoms in total. The zero-order valence-corrected chi connectivity index (χ0v) is 13.7. The molecule has 3 rings (SSSR count). The van der Waals surface area contributed by atoms with E-state index in [-0.39, 0.29) is 17.3 Å². The summed E-state index contributed by atoms with van der Waals surface area (Å²) in [5, 5.41) is 3.11. The molecule has 0 atom stereocenters. The molecule has 0 saturated carbocycles. The molecular weight excluding hydrogens is 308 g/mol. The largest absolute Gasteiger partial charge is 0.351 e. The van der Waals surface area contributed by atoms with E-state index < -0.39 is 0 Å². The summed E-state index contributed by atoms with van der Waals surface area (Å²) in [6, 6.07) is 11.2. The van der Waals surface area contributed by atoms with Gasteiger partial charge < -0.3 is 5.32 Å². The van der Waals surface area contributed by atoms with E-state index in [0.29, 0.717) is 16.2 Å².